The lowest BCUT2D eigenvalue weighted by atomic mass is 10.1. The lowest BCUT2D eigenvalue weighted by Gasteiger charge is -2.34. The highest BCUT2D eigenvalue weighted by atomic mass is 19.1. The van der Waals surface area contributed by atoms with Crippen molar-refractivity contribution >= 4 is 11.8 Å². The summed E-state index contributed by atoms with van der Waals surface area (Å²) in [6, 6.07) is 4.88. The van der Waals surface area contributed by atoms with Gasteiger partial charge in [-0.25, -0.2) is 8.78 Å². The molecule has 3 rings (SSSR count). The van der Waals surface area contributed by atoms with Crippen LogP contribution in [0.1, 0.15) is 20.7 Å². The zero-order valence-electron chi connectivity index (χ0n) is 12.2. The molecule has 120 valence electrons. The molecular weight excluding hydrogens is 306 g/mol. The van der Waals surface area contributed by atoms with Crippen LogP contribution in [0, 0.1) is 11.6 Å². The molecular formula is C16H14F2N2O3. The Morgan fingerprint density at radius 2 is 1.48 bits per heavy atom. The quantitative estimate of drug-likeness (QED) is 0.852. The lowest BCUT2D eigenvalue weighted by molar-refractivity contribution is 0.0529. The van der Waals surface area contributed by atoms with Crippen molar-refractivity contribution in [3.05, 3.63) is 59.6 Å². The number of carbonyl (C=O) groups is 2. The third-order valence-electron chi connectivity index (χ3n) is 3.80. The summed E-state index contributed by atoms with van der Waals surface area (Å²) in [7, 11) is 0. The van der Waals surface area contributed by atoms with Gasteiger partial charge in [-0.1, -0.05) is 6.07 Å². The highest BCUT2D eigenvalue weighted by Crippen LogP contribution is 2.17. The molecule has 2 amide bonds. The zero-order chi connectivity index (χ0) is 16.4. The first-order valence-electron chi connectivity index (χ1n) is 7.12. The monoisotopic (exact) mass is 320 g/mol. The first-order chi connectivity index (χ1) is 11.1. The normalized spacial score (nSPS) is 14.9. The van der Waals surface area contributed by atoms with Crippen molar-refractivity contribution in [1.29, 1.82) is 0 Å². The highest BCUT2D eigenvalue weighted by molar-refractivity contribution is 5.96. The number of halogens is 2. The molecule has 0 radical (unpaired) electrons. The summed E-state index contributed by atoms with van der Waals surface area (Å²) in [6.07, 6.45) is 2.77. The zero-order valence-corrected chi connectivity index (χ0v) is 12.2. The molecule has 23 heavy (non-hydrogen) atoms. The second kappa shape index (κ2) is 6.20. The minimum Gasteiger partial charge on any atom is -0.472 e. The fraction of sp³-hybridized carbons (Fsp3) is 0.250. The van der Waals surface area contributed by atoms with E-state index in [1.54, 1.807) is 11.0 Å². The van der Waals surface area contributed by atoms with E-state index in [0.717, 1.165) is 12.1 Å². The topological polar surface area (TPSA) is 53.8 Å². The molecule has 2 aromatic rings. The van der Waals surface area contributed by atoms with E-state index in [0.29, 0.717) is 18.7 Å². The summed E-state index contributed by atoms with van der Waals surface area (Å²) < 4.78 is 32.2. The van der Waals surface area contributed by atoms with Gasteiger partial charge >= 0.3 is 0 Å². The van der Waals surface area contributed by atoms with Crippen LogP contribution in [0.15, 0.2) is 41.2 Å². The van der Waals surface area contributed by atoms with Gasteiger partial charge in [0.25, 0.3) is 11.8 Å². The van der Waals surface area contributed by atoms with Gasteiger partial charge in [-0.05, 0) is 18.2 Å². The van der Waals surface area contributed by atoms with E-state index < -0.39 is 23.1 Å². The number of carbonyl (C=O) groups excluding carboxylic acids is 2. The van der Waals surface area contributed by atoms with Crippen LogP contribution in [0.5, 0.6) is 0 Å². The van der Waals surface area contributed by atoms with E-state index in [1.807, 2.05) is 0 Å². The van der Waals surface area contributed by atoms with Gasteiger partial charge in [0.2, 0.25) is 0 Å². The van der Waals surface area contributed by atoms with Gasteiger partial charge in [0, 0.05) is 26.2 Å². The molecule has 0 saturated carbocycles. The van der Waals surface area contributed by atoms with Gasteiger partial charge in [0.1, 0.15) is 23.5 Å². The predicted octanol–water partition coefficient (Wildman–Crippen LogP) is 2.16. The minimum absolute atomic E-state index is 0.192. The number of nitrogens with zero attached hydrogens (tertiary/aromatic N) is 2. The molecule has 5 nitrogen and oxygen atoms in total. The molecule has 0 bridgehead atoms. The Morgan fingerprint density at radius 3 is 2.00 bits per heavy atom. The van der Waals surface area contributed by atoms with E-state index in [-0.39, 0.29) is 19.0 Å². The second-order valence-electron chi connectivity index (χ2n) is 5.19. The molecule has 1 aromatic carbocycles. The highest BCUT2D eigenvalue weighted by Gasteiger charge is 2.28. The Hall–Kier alpha value is -2.70. The largest absolute Gasteiger partial charge is 0.472 e. The molecule has 7 heteroatoms. The van der Waals surface area contributed by atoms with E-state index in [9.17, 15) is 18.4 Å². The first-order valence-corrected chi connectivity index (χ1v) is 7.12. The Kier molecular flexibility index (Phi) is 4.10. The number of rotatable bonds is 2. The van der Waals surface area contributed by atoms with Crippen LogP contribution in [-0.2, 0) is 0 Å². The number of hydrogen-bond acceptors (Lipinski definition) is 3. The van der Waals surface area contributed by atoms with Crippen LogP contribution in [0.3, 0.4) is 0 Å². The van der Waals surface area contributed by atoms with Gasteiger partial charge in [-0.15, -0.1) is 0 Å². The second-order valence-corrected chi connectivity index (χ2v) is 5.19. The van der Waals surface area contributed by atoms with Gasteiger partial charge in [0.15, 0.2) is 0 Å². The van der Waals surface area contributed by atoms with Gasteiger partial charge in [-0.3, -0.25) is 9.59 Å². The van der Waals surface area contributed by atoms with E-state index in [1.165, 1.54) is 23.5 Å². The summed E-state index contributed by atoms with van der Waals surface area (Å²) in [4.78, 5) is 27.4. The van der Waals surface area contributed by atoms with Crippen molar-refractivity contribution in [2.45, 2.75) is 0 Å². The predicted molar refractivity (Wildman–Crippen MR) is 76.9 cm³/mol. The summed E-state index contributed by atoms with van der Waals surface area (Å²) in [5.74, 6) is -2.65. The summed E-state index contributed by atoms with van der Waals surface area (Å²) in [5.41, 5.74) is -0.118. The third kappa shape index (κ3) is 2.94. The summed E-state index contributed by atoms with van der Waals surface area (Å²) in [6.45, 7) is 1.03. The molecule has 0 spiro atoms. The van der Waals surface area contributed by atoms with Gasteiger partial charge < -0.3 is 14.2 Å². The molecule has 0 atom stereocenters. The van der Waals surface area contributed by atoms with E-state index >= 15 is 0 Å². The average molecular weight is 320 g/mol. The molecule has 1 aliphatic heterocycles. The third-order valence-corrected chi connectivity index (χ3v) is 3.80. The fourth-order valence-electron chi connectivity index (χ4n) is 2.54. The van der Waals surface area contributed by atoms with Crippen LogP contribution in [0.4, 0.5) is 8.78 Å². The van der Waals surface area contributed by atoms with Crippen molar-refractivity contribution in [3.63, 3.8) is 0 Å². The van der Waals surface area contributed by atoms with Crippen LogP contribution in [0.25, 0.3) is 0 Å². The molecule has 0 aliphatic carbocycles. The number of piperazine rings is 1. The van der Waals surface area contributed by atoms with Gasteiger partial charge in [-0.2, -0.15) is 0 Å². The van der Waals surface area contributed by atoms with Crippen molar-refractivity contribution in [1.82, 2.24) is 9.80 Å². The Balaban J connectivity index is 1.67. The van der Waals surface area contributed by atoms with Crippen molar-refractivity contribution in [3.8, 4) is 0 Å². The fourth-order valence-corrected chi connectivity index (χ4v) is 2.54. The van der Waals surface area contributed by atoms with E-state index in [2.05, 4.69) is 0 Å². The SMILES string of the molecule is O=C(c1ccoc1)N1CCN(C(=O)c2c(F)cccc2F)CC1. The Morgan fingerprint density at radius 1 is 0.913 bits per heavy atom. The van der Waals surface area contributed by atoms with E-state index in [4.69, 9.17) is 4.42 Å². The van der Waals surface area contributed by atoms with Crippen LogP contribution >= 0.6 is 0 Å². The molecule has 0 unspecified atom stereocenters. The molecule has 0 N–H and O–H groups in total. The van der Waals surface area contributed by atoms with Gasteiger partial charge in [0.05, 0.1) is 11.8 Å². The molecule has 1 fully saturated rings. The van der Waals surface area contributed by atoms with Crippen molar-refractivity contribution in [2.24, 2.45) is 0 Å². The number of amides is 2. The summed E-state index contributed by atoms with van der Waals surface area (Å²) >= 11 is 0. The minimum atomic E-state index is -0.882. The molecule has 2 heterocycles. The maximum Gasteiger partial charge on any atom is 0.259 e. The standard InChI is InChI=1S/C16H14F2N2O3/c17-12-2-1-3-13(18)14(12)16(22)20-7-5-19(6-8-20)15(21)11-4-9-23-10-11/h1-4,9-10H,5-8H2. The number of furan rings is 1. The van der Waals surface area contributed by atoms with Crippen LogP contribution in [-0.4, -0.2) is 47.8 Å². The Labute approximate surface area is 131 Å². The van der Waals surface area contributed by atoms with Crippen LogP contribution < -0.4 is 0 Å². The van der Waals surface area contributed by atoms with Crippen molar-refractivity contribution < 1.29 is 22.8 Å². The molecule has 1 aromatic heterocycles. The average Bonchev–Trinajstić information content (AvgIpc) is 3.08. The smallest absolute Gasteiger partial charge is 0.259 e. The molecule has 1 aliphatic rings. The lowest BCUT2D eigenvalue weighted by Crippen LogP contribution is -2.50. The number of benzene rings is 1. The number of hydrogen-bond donors (Lipinski definition) is 0. The summed E-state index contributed by atoms with van der Waals surface area (Å²) in [5, 5.41) is 0. The van der Waals surface area contributed by atoms with Crippen LogP contribution in [0.2, 0.25) is 0 Å². The Bertz CT molecular complexity index is 703. The molecule has 1 saturated heterocycles. The maximum atomic E-state index is 13.7. The first kappa shape index (κ1) is 15.2. The maximum absolute atomic E-state index is 13.7. The van der Waals surface area contributed by atoms with Crippen molar-refractivity contribution in [2.75, 3.05) is 26.2 Å².